The highest BCUT2D eigenvalue weighted by Gasteiger charge is 2.36. The molecule has 1 aromatic heterocycles. The van der Waals surface area contributed by atoms with Gasteiger partial charge in [0.2, 0.25) is 5.91 Å². The molecule has 0 saturated heterocycles. The van der Waals surface area contributed by atoms with E-state index in [9.17, 15) is 32.7 Å². The maximum atomic E-state index is 13.6. The van der Waals surface area contributed by atoms with Crippen LogP contribution in [0.15, 0.2) is 66.9 Å². The number of nitrogens with zero attached hydrogens (tertiary/aromatic N) is 3. The molecule has 12 heteroatoms. The molecule has 0 spiro atoms. The summed E-state index contributed by atoms with van der Waals surface area (Å²) in [5.41, 5.74) is 0.553. The number of amides is 2. The number of ether oxygens (including phenoxy) is 2. The number of rotatable bonds is 10. The van der Waals surface area contributed by atoms with E-state index in [1.807, 2.05) is 6.07 Å². The summed E-state index contributed by atoms with van der Waals surface area (Å²) < 4.78 is 50.9. The van der Waals surface area contributed by atoms with Crippen LogP contribution in [-0.4, -0.2) is 51.7 Å². The van der Waals surface area contributed by atoms with E-state index in [2.05, 4.69) is 4.98 Å². The Hall–Kier alpha value is -4.61. The smallest absolute Gasteiger partial charge is 0.416 e. The lowest BCUT2D eigenvalue weighted by Crippen LogP contribution is -2.38. The number of hydrogen-bond donors (Lipinski definition) is 1. The normalized spacial score (nSPS) is 16.8. The number of carbonyl (C=O) groups excluding carboxylic acids is 2. The number of fused-ring (bicyclic) bond motifs is 1. The number of aliphatic carboxylic acids is 1. The highest BCUT2D eigenvalue weighted by atomic mass is 19.4. The first kappa shape index (κ1) is 34.3. The van der Waals surface area contributed by atoms with Gasteiger partial charge >= 0.3 is 18.2 Å². The molecule has 2 amide bonds. The summed E-state index contributed by atoms with van der Waals surface area (Å²) in [6.45, 7) is 7.69. The minimum Gasteiger partial charge on any atom is -0.494 e. The van der Waals surface area contributed by atoms with Crippen LogP contribution in [0.2, 0.25) is 0 Å². The first-order valence-electron chi connectivity index (χ1n) is 15.0. The van der Waals surface area contributed by atoms with E-state index in [1.165, 1.54) is 21.9 Å². The van der Waals surface area contributed by atoms with Crippen molar-refractivity contribution in [2.24, 2.45) is 5.92 Å². The van der Waals surface area contributed by atoms with Crippen molar-refractivity contribution in [3.63, 3.8) is 0 Å². The van der Waals surface area contributed by atoms with Crippen molar-refractivity contribution in [3.05, 3.63) is 89.1 Å². The van der Waals surface area contributed by atoms with E-state index in [4.69, 9.17) is 9.47 Å². The van der Waals surface area contributed by atoms with Gasteiger partial charge in [-0.2, -0.15) is 13.2 Å². The maximum absolute atomic E-state index is 13.6. The van der Waals surface area contributed by atoms with Crippen LogP contribution in [0, 0.1) is 5.92 Å². The highest BCUT2D eigenvalue weighted by Crippen LogP contribution is 2.36. The fraction of sp³-hybridized carbons (Fsp3) is 0.412. The van der Waals surface area contributed by atoms with Crippen LogP contribution in [-0.2, 0) is 33.5 Å². The molecule has 0 saturated carbocycles. The second-order valence-corrected chi connectivity index (χ2v) is 12.2. The Labute approximate surface area is 265 Å². The van der Waals surface area contributed by atoms with Gasteiger partial charge in [0.25, 0.3) is 0 Å². The summed E-state index contributed by atoms with van der Waals surface area (Å²) in [5, 5.41) is 9.50. The van der Waals surface area contributed by atoms with Crippen molar-refractivity contribution in [1.82, 2.24) is 9.88 Å². The first-order valence-corrected chi connectivity index (χ1v) is 15.0. The summed E-state index contributed by atoms with van der Waals surface area (Å²) in [6.07, 6.45) is -3.16. The predicted molar refractivity (Wildman–Crippen MR) is 164 cm³/mol. The monoisotopic (exact) mass is 641 g/mol. The first-order chi connectivity index (χ1) is 21.6. The van der Waals surface area contributed by atoms with Crippen LogP contribution in [0.3, 0.4) is 0 Å². The SMILES string of the molecule is CC1c2cc(OCCCN(C(=O)OC(C)(C)C)c3ccccn3)ccc2CC(CC(=O)O)C(=O)N1Cc1ccc(C(F)(F)F)cc1. The Morgan fingerprint density at radius 2 is 1.78 bits per heavy atom. The second-order valence-electron chi connectivity index (χ2n) is 12.2. The van der Waals surface area contributed by atoms with Gasteiger partial charge in [-0.1, -0.05) is 24.3 Å². The van der Waals surface area contributed by atoms with E-state index >= 15 is 0 Å². The quantitative estimate of drug-likeness (QED) is 0.236. The number of aromatic nitrogens is 1. The van der Waals surface area contributed by atoms with Crippen molar-refractivity contribution in [2.75, 3.05) is 18.1 Å². The zero-order valence-corrected chi connectivity index (χ0v) is 26.2. The number of anilines is 1. The predicted octanol–water partition coefficient (Wildman–Crippen LogP) is 7.05. The fourth-order valence-corrected chi connectivity index (χ4v) is 5.31. The molecule has 46 heavy (non-hydrogen) atoms. The van der Waals surface area contributed by atoms with Crippen molar-refractivity contribution in [1.29, 1.82) is 0 Å². The van der Waals surface area contributed by atoms with Gasteiger partial charge in [-0.15, -0.1) is 0 Å². The molecule has 2 atom stereocenters. The lowest BCUT2D eigenvalue weighted by atomic mass is 9.93. The van der Waals surface area contributed by atoms with E-state index in [0.717, 1.165) is 23.3 Å². The number of halogens is 3. The highest BCUT2D eigenvalue weighted by molar-refractivity contribution is 5.86. The van der Waals surface area contributed by atoms with E-state index in [1.54, 1.807) is 64.2 Å². The van der Waals surface area contributed by atoms with E-state index in [-0.39, 0.29) is 38.4 Å². The molecule has 9 nitrogen and oxygen atoms in total. The minimum atomic E-state index is -4.49. The average molecular weight is 642 g/mol. The molecule has 1 N–H and O–H groups in total. The molecule has 2 heterocycles. The molecule has 0 radical (unpaired) electrons. The summed E-state index contributed by atoms with van der Waals surface area (Å²) in [5.74, 6) is -1.37. The zero-order valence-electron chi connectivity index (χ0n) is 26.2. The molecule has 246 valence electrons. The largest absolute Gasteiger partial charge is 0.494 e. The Bertz CT molecular complexity index is 1520. The van der Waals surface area contributed by atoms with Gasteiger partial charge in [-0.25, -0.2) is 9.78 Å². The van der Waals surface area contributed by atoms with E-state index in [0.29, 0.717) is 23.6 Å². The zero-order chi connectivity index (χ0) is 33.6. The third kappa shape index (κ3) is 8.98. The molecule has 2 aromatic carbocycles. The van der Waals surface area contributed by atoms with Gasteiger partial charge in [-0.05, 0) is 93.6 Å². The molecule has 1 aliphatic heterocycles. The molecule has 3 aromatic rings. The third-order valence-corrected chi connectivity index (χ3v) is 7.52. The van der Waals surface area contributed by atoms with Crippen molar-refractivity contribution in [3.8, 4) is 5.75 Å². The van der Waals surface area contributed by atoms with Crippen molar-refractivity contribution < 1.29 is 42.1 Å². The van der Waals surface area contributed by atoms with Gasteiger partial charge in [-0.3, -0.25) is 14.5 Å². The molecule has 1 aliphatic rings. The number of pyridine rings is 1. The summed E-state index contributed by atoms with van der Waals surface area (Å²) in [7, 11) is 0. The lowest BCUT2D eigenvalue weighted by Gasteiger charge is -2.30. The van der Waals surface area contributed by atoms with Crippen LogP contribution in [0.1, 0.15) is 68.8 Å². The summed E-state index contributed by atoms with van der Waals surface area (Å²) >= 11 is 0. The Balaban J connectivity index is 1.50. The van der Waals surface area contributed by atoms with Crippen LogP contribution in [0.25, 0.3) is 0 Å². The van der Waals surface area contributed by atoms with Gasteiger partial charge in [0, 0.05) is 19.3 Å². The van der Waals surface area contributed by atoms with Crippen LogP contribution in [0.5, 0.6) is 5.75 Å². The minimum absolute atomic E-state index is 0.00675. The standard InChI is InChI=1S/C34H38F3N3O6/c1-22-28-20-27(45-17-7-16-39(29-8-5-6-15-38-29)32(44)46-33(2,3)4)14-11-24(28)18-25(19-30(41)42)31(43)40(22)21-23-9-12-26(13-10-23)34(35,36)37/h5-6,8-15,20,22,25H,7,16-19,21H2,1-4H3,(H,41,42). The molecule has 0 bridgehead atoms. The Morgan fingerprint density at radius 3 is 2.39 bits per heavy atom. The second kappa shape index (κ2) is 14.2. The number of alkyl halides is 3. The lowest BCUT2D eigenvalue weighted by molar-refractivity contribution is -0.145. The van der Waals surface area contributed by atoms with Crippen LogP contribution < -0.4 is 9.64 Å². The van der Waals surface area contributed by atoms with Crippen LogP contribution >= 0.6 is 0 Å². The van der Waals surface area contributed by atoms with Crippen LogP contribution in [0.4, 0.5) is 23.8 Å². The number of carboxylic acids is 1. The average Bonchev–Trinajstić information content (AvgIpc) is 3.06. The number of carboxylic acid groups (broad SMARTS) is 1. The van der Waals surface area contributed by atoms with Gasteiger partial charge in [0.05, 0.1) is 30.6 Å². The number of benzene rings is 2. The van der Waals surface area contributed by atoms with E-state index < -0.39 is 41.4 Å². The number of carbonyl (C=O) groups is 3. The summed E-state index contributed by atoms with van der Waals surface area (Å²) in [6, 6.07) is 14.7. The van der Waals surface area contributed by atoms with Crippen molar-refractivity contribution in [2.45, 2.75) is 71.3 Å². The fourth-order valence-electron chi connectivity index (χ4n) is 5.31. The Kier molecular flexibility index (Phi) is 10.6. The van der Waals surface area contributed by atoms with Crippen molar-refractivity contribution >= 4 is 23.8 Å². The van der Waals surface area contributed by atoms with Gasteiger partial charge in [0.15, 0.2) is 0 Å². The molecule has 0 fully saturated rings. The molecular formula is C34H38F3N3O6. The molecule has 2 unspecified atom stereocenters. The van der Waals surface area contributed by atoms with Gasteiger partial charge in [0.1, 0.15) is 17.2 Å². The maximum Gasteiger partial charge on any atom is 0.416 e. The number of hydrogen-bond acceptors (Lipinski definition) is 6. The molecular weight excluding hydrogens is 603 g/mol. The topological polar surface area (TPSA) is 109 Å². The Morgan fingerprint density at radius 1 is 1.07 bits per heavy atom. The molecule has 0 aliphatic carbocycles. The summed E-state index contributed by atoms with van der Waals surface area (Å²) in [4.78, 5) is 45.4. The third-order valence-electron chi connectivity index (χ3n) is 7.52. The molecule has 4 rings (SSSR count). The van der Waals surface area contributed by atoms with Gasteiger partial charge < -0.3 is 19.5 Å².